The second kappa shape index (κ2) is 10.2. The largest absolute Gasteiger partial charge is 0.192 e. The fraction of sp³-hybridized carbons (Fsp3) is 0. The van der Waals surface area contributed by atoms with Gasteiger partial charge in [0.15, 0.2) is 0 Å². The smallest absolute Gasteiger partial charge is 0.100 e. The van der Waals surface area contributed by atoms with Crippen LogP contribution in [0.25, 0.3) is 73.7 Å². The summed E-state index contributed by atoms with van der Waals surface area (Å²) >= 11 is 3.47. The fourth-order valence-electron chi connectivity index (χ4n) is 6.33. The zero-order chi connectivity index (χ0) is 29.8. The molecule has 0 spiro atoms. The molecule has 0 unspecified atom stereocenters. The Kier molecular flexibility index (Phi) is 6.00. The van der Waals surface area contributed by atoms with Crippen molar-refractivity contribution in [2.75, 3.05) is 0 Å². The Bertz CT molecular complexity index is 2570. The lowest BCUT2D eigenvalue weighted by molar-refractivity contribution is 1.42. The van der Waals surface area contributed by atoms with Gasteiger partial charge in [-0.3, -0.25) is 0 Å². The van der Waals surface area contributed by atoms with Gasteiger partial charge in [0, 0.05) is 62.6 Å². The lowest BCUT2D eigenvalue weighted by Crippen LogP contribution is -1.97. The molecule has 44 heavy (non-hydrogen) atoms. The molecule has 0 aliphatic carbocycles. The molecule has 0 amide bonds. The molecule has 0 fully saturated rings. The summed E-state index contributed by atoms with van der Waals surface area (Å²) < 4.78 is 4.67. The molecule has 2 heterocycles. The highest BCUT2D eigenvalue weighted by Crippen LogP contribution is 2.47. The normalized spacial score (nSPS) is 11.1. The number of fused-ring (bicyclic) bond motifs is 6. The molecule has 202 valence electrons. The molecule has 0 aliphatic heterocycles. The highest BCUT2D eigenvalue weighted by atomic mass is 32.1. The van der Waals surface area contributed by atoms with Crippen LogP contribution in [0.1, 0.15) is 16.7 Å². The molecule has 6 aromatic carbocycles. The summed E-state index contributed by atoms with van der Waals surface area (Å²) in [6.07, 6.45) is 0. The summed E-state index contributed by atoms with van der Waals surface area (Å²) in [5, 5.41) is 35.7. The van der Waals surface area contributed by atoms with Crippen LogP contribution in [0.2, 0.25) is 0 Å². The molecule has 5 heteroatoms. The van der Waals surface area contributed by atoms with E-state index in [-0.39, 0.29) is 0 Å². The van der Waals surface area contributed by atoms with E-state index in [0.29, 0.717) is 27.8 Å². The van der Waals surface area contributed by atoms with Gasteiger partial charge in [0.25, 0.3) is 0 Å². The number of benzene rings is 6. The first-order valence-corrected chi connectivity index (χ1v) is 15.7. The number of rotatable bonds is 3. The third-order valence-corrected chi connectivity index (χ3v) is 10.6. The van der Waals surface area contributed by atoms with E-state index in [9.17, 15) is 15.8 Å². The number of hydrogen-bond acceptors (Lipinski definition) is 5. The second-order valence-corrected chi connectivity index (χ2v) is 12.7. The van der Waals surface area contributed by atoms with Crippen molar-refractivity contribution < 1.29 is 0 Å². The van der Waals surface area contributed by atoms with Crippen molar-refractivity contribution in [2.24, 2.45) is 0 Å². The van der Waals surface area contributed by atoms with E-state index in [1.54, 1.807) is 40.9 Å². The summed E-state index contributed by atoms with van der Waals surface area (Å²) in [6.45, 7) is 0. The van der Waals surface area contributed by atoms with Crippen LogP contribution in [0, 0.1) is 34.0 Å². The Balaban J connectivity index is 1.54. The summed E-state index contributed by atoms with van der Waals surface area (Å²) in [4.78, 5) is 0. The number of nitrogens with zero attached hydrogens (tertiary/aromatic N) is 3. The van der Waals surface area contributed by atoms with Gasteiger partial charge in [-0.05, 0) is 53.6 Å². The van der Waals surface area contributed by atoms with Crippen LogP contribution in [-0.4, -0.2) is 0 Å². The Morgan fingerprint density at radius 1 is 0.455 bits per heavy atom. The van der Waals surface area contributed by atoms with E-state index in [2.05, 4.69) is 97.1 Å². The topological polar surface area (TPSA) is 71.4 Å². The van der Waals surface area contributed by atoms with Crippen molar-refractivity contribution in [3.8, 4) is 51.6 Å². The van der Waals surface area contributed by atoms with Crippen LogP contribution in [0.3, 0.4) is 0 Å². The Hall–Kier alpha value is -5.77. The first-order chi connectivity index (χ1) is 21.7. The Labute approximate surface area is 261 Å². The monoisotopic (exact) mass is 593 g/mol. The molecule has 0 saturated carbocycles. The van der Waals surface area contributed by atoms with Crippen molar-refractivity contribution in [1.29, 1.82) is 15.8 Å². The number of thiophene rings is 2. The van der Waals surface area contributed by atoms with E-state index in [1.807, 2.05) is 18.2 Å². The number of nitriles is 3. The van der Waals surface area contributed by atoms with Crippen LogP contribution < -0.4 is 0 Å². The molecule has 0 radical (unpaired) electrons. The van der Waals surface area contributed by atoms with Gasteiger partial charge in [-0.1, -0.05) is 72.8 Å². The zero-order valence-corrected chi connectivity index (χ0v) is 24.8. The average molecular weight is 594 g/mol. The third kappa shape index (κ3) is 3.84. The van der Waals surface area contributed by atoms with Crippen molar-refractivity contribution in [3.05, 3.63) is 132 Å². The molecule has 2 aromatic heterocycles. The minimum Gasteiger partial charge on any atom is -0.192 e. The minimum absolute atomic E-state index is 0.364. The SMILES string of the molecule is N#Cc1cccc(C#N)c1-c1cc(-c2cccc3sc4ccccc4c23)cc(-c2cccc3c2sc2ccccc23)c1C#N. The predicted octanol–water partition coefficient (Wildman–Crippen LogP) is 11.0. The lowest BCUT2D eigenvalue weighted by atomic mass is 9.84. The minimum atomic E-state index is 0.364. The van der Waals surface area contributed by atoms with Crippen LogP contribution in [0.5, 0.6) is 0 Å². The van der Waals surface area contributed by atoms with E-state index in [4.69, 9.17) is 0 Å². The zero-order valence-electron chi connectivity index (χ0n) is 23.1. The van der Waals surface area contributed by atoms with Gasteiger partial charge in [-0.2, -0.15) is 15.8 Å². The maximum absolute atomic E-state index is 10.8. The summed E-state index contributed by atoms with van der Waals surface area (Å²) in [6, 6.07) is 45.7. The van der Waals surface area contributed by atoms with Crippen molar-refractivity contribution in [3.63, 3.8) is 0 Å². The maximum atomic E-state index is 10.8. The van der Waals surface area contributed by atoms with Crippen LogP contribution in [0.15, 0.2) is 115 Å². The van der Waals surface area contributed by atoms with Crippen LogP contribution >= 0.6 is 22.7 Å². The summed E-state index contributed by atoms with van der Waals surface area (Å²) in [7, 11) is 0. The Morgan fingerprint density at radius 3 is 1.80 bits per heavy atom. The molecule has 0 atom stereocenters. The van der Waals surface area contributed by atoms with Crippen LogP contribution in [-0.2, 0) is 0 Å². The fourth-order valence-corrected chi connectivity index (χ4v) is 8.69. The van der Waals surface area contributed by atoms with Gasteiger partial charge in [-0.25, -0.2) is 0 Å². The van der Waals surface area contributed by atoms with Crippen molar-refractivity contribution in [2.45, 2.75) is 0 Å². The van der Waals surface area contributed by atoms with E-state index >= 15 is 0 Å². The van der Waals surface area contributed by atoms with E-state index < -0.39 is 0 Å². The molecular formula is C39H19N3S2. The molecule has 8 aromatic rings. The quantitative estimate of drug-likeness (QED) is 0.205. The molecule has 0 saturated heterocycles. The number of hydrogen-bond donors (Lipinski definition) is 0. The summed E-state index contributed by atoms with van der Waals surface area (Å²) in [5.41, 5.74) is 5.96. The van der Waals surface area contributed by atoms with Crippen LogP contribution in [0.4, 0.5) is 0 Å². The second-order valence-electron chi connectivity index (χ2n) is 10.6. The van der Waals surface area contributed by atoms with Gasteiger partial charge in [0.05, 0.1) is 28.8 Å². The van der Waals surface area contributed by atoms with Gasteiger partial charge in [-0.15, -0.1) is 22.7 Å². The predicted molar refractivity (Wildman–Crippen MR) is 183 cm³/mol. The molecule has 0 bridgehead atoms. The Morgan fingerprint density at radius 2 is 1.05 bits per heavy atom. The molecule has 0 N–H and O–H groups in total. The average Bonchev–Trinajstić information content (AvgIpc) is 3.66. The maximum Gasteiger partial charge on any atom is 0.100 e. The lowest BCUT2D eigenvalue weighted by Gasteiger charge is -2.17. The van der Waals surface area contributed by atoms with Crippen molar-refractivity contribution in [1.82, 2.24) is 0 Å². The van der Waals surface area contributed by atoms with Gasteiger partial charge in [0.2, 0.25) is 0 Å². The van der Waals surface area contributed by atoms with Gasteiger partial charge < -0.3 is 0 Å². The third-order valence-electron chi connectivity index (χ3n) is 8.23. The first kappa shape index (κ1) is 25.9. The van der Waals surface area contributed by atoms with Gasteiger partial charge >= 0.3 is 0 Å². The highest BCUT2D eigenvalue weighted by molar-refractivity contribution is 7.26. The molecule has 3 nitrogen and oxygen atoms in total. The van der Waals surface area contributed by atoms with Gasteiger partial charge in [0.1, 0.15) is 6.07 Å². The molecule has 0 aliphatic rings. The highest BCUT2D eigenvalue weighted by Gasteiger charge is 2.23. The van der Waals surface area contributed by atoms with Crippen molar-refractivity contribution >= 4 is 63.0 Å². The summed E-state index contributed by atoms with van der Waals surface area (Å²) in [5.74, 6) is 0. The standard InChI is InChI=1S/C39H19N3S2/c40-20-23-8-5-9-24(21-41)37(23)32-19-25(26-12-7-17-36-38(26)30-11-2-4-16-35(30)43-36)18-31(33(32)22-42)29-14-6-13-28-27-10-1-3-15-34(27)44-39(28)29/h1-19H. The van der Waals surface area contributed by atoms with E-state index in [0.717, 1.165) is 37.7 Å². The molecular weight excluding hydrogens is 575 g/mol. The molecule has 8 rings (SSSR count). The first-order valence-electron chi connectivity index (χ1n) is 14.0. The van der Waals surface area contributed by atoms with E-state index in [1.165, 1.54) is 24.9 Å².